The van der Waals surface area contributed by atoms with Crippen LogP contribution in [0.5, 0.6) is 0 Å². The number of nitrogens with one attached hydrogen (secondary N) is 2. The Hall–Kier alpha value is -2.67. The maximum absolute atomic E-state index is 12.1. The van der Waals surface area contributed by atoms with Crippen LogP contribution in [0.25, 0.3) is 6.08 Å². The third-order valence-electron chi connectivity index (χ3n) is 4.36. The Morgan fingerprint density at radius 2 is 1.93 bits per heavy atom. The lowest BCUT2D eigenvalue weighted by Gasteiger charge is -2.20. The fourth-order valence-corrected chi connectivity index (χ4v) is 2.85. The molecule has 0 saturated carbocycles. The summed E-state index contributed by atoms with van der Waals surface area (Å²) in [6, 6.07) is 7.25. The molecule has 1 atom stereocenters. The molecule has 1 fully saturated rings. The maximum atomic E-state index is 12.1. The van der Waals surface area contributed by atoms with Gasteiger partial charge in [0.15, 0.2) is 0 Å². The number of esters is 1. The molecule has 1 saturated heterocycles. The van der Waals surface area contributed by atoms with E-state index in [2.05, 4.69) is 29.4 Å². The average Bonchev–Trinajstić information content (AvgIpc) is 3.10. The second-order valence-electron chi connectivity index (χ2n) is 6.71. The molecule has 0 radical (unpaired) electrons. The fourth-order valence-electron chi connectivity index (χ4n) is 2.85. The number of rotatable bonds is 6. The van der Waals surface area contributed by atoms with E-state index in [4.69, 9.17) is 4.74 Å². The molecule has 2 amide bonds. The van der Waals surface area contributed by atoms with Crippen molar-refractivity contribution in [1.29, 1.82) is 0 Å². The molecule has 1 aromatic rings. The van der Waals surface area contributed by atoms with Crippen molar-refractivity contribution >= 4 is 29.5 Å². The molecule has 0 aliphatic carbocycles. The van der Waals surface area contributed by atoms with Gasteiger partial charge in [-0.2, -0.15) is 0 Å². The van der Waals surface area contributed by atoms with Crippen molar-refractivity contribution in [2.45, 2.75) is 39.3 Å². The Morgan fingerprint density at radius 1 is 1.22 bits per heavy atom. The van der Waals surface area contributed by atoms with Gasteiger partial charge in [0.25, 0.3) is 0 Å². The molecule has 1 aliphatic heterocycles. The monoisotopic (exact) mass is 373 g/mol. The van der Waals surface area contributed by atoms with Crippen LogP contribution in [0, 0.1) is 0 Å². The molecule has 2 rings (SSSR count). The zero-order valence-corrected chi connectivity index (χ0v) is 16.0. The van der Waals surface area contributed by atoms with Gasteiger partial charge in [-0.3, -0.25) is 14.5 Å². The van der Waals surface area contributed by atoms with E-state index in [1.54, 1.807) is 37.3 Å². The molecule has 7 heteroatoms. The minimum absolute atomic E-state index is 0.000963. The number of likely N-dealkylation sites (tertiary alicyclic amines) is 1. The number of carbonyl (C=O) groups excluding carboxylic acids is 3. The SMILES string of the molecule is CCOC(=O)/C=C/c1ccc(NC(=O)C(=O)NC2CCN(C(C)C)C2)cc1. The van der Waals surface area contributed by atoms with Crippen LogP contribution < -0.4 is 10.6 Å². The Morgan fingerprint density at radius 3 is 2.52 bits per heavy atom. The lowest BCUT2D eigenvalue weighted by atomic mass is 10.2. The first-order valence-electron chi connectivity index (χ1n) is 9.19. The van der Waals surface area contributed by atoms with E-state index in [-0.39, 0.29) is 6.04 Å². The van der Waals surface area contributed by atoms with E-state index in [1.807, 2.05) is 0 Å². The van der Waals surface area contributed by atoms with Gasteiger partial charge in [0.1, 0.15) is 0 Å². The standard InChI is InChI=1S/C20H27N3O4/c1-4-27-18(24)10-7-15-5-8-16(9-6-15)21-19(25)20(26)22-17-11-12-23(13-17)14(2)3/h5-10,14,17H,4,11-13H2,1-3H3,(H,21,25)(H,22,26)/b10-7+. The minimum Gasteiger partial charge on any atom is -0.463 e. The summed E-state index contributed by atoms with van der Waals surface area (Å²) in [6.07, 6.45) is 3.81. The number of hydrogen-bond acceptors (Lipinski definition) is 5. The Balaban J connectivity index is 1.83. The number of benzene rings is 1. The summed E-state index contributed by atoms with van der Waals surface area (Å²) < 4.78 is 4.81. The first kappa shape index (κ1) is 20.6. The van der Waals surface area contributed by atoms with E-state index in [1.165, 1.54) is 6.08 Å². The van der Waals surface area contributed by atoms with E-state index >= 15 is 0 Å². The molecule has 1 unspecified atom stereocenters. The molecule has 146 valence electrons. The fraction of sp³-hybridized carbons (Fsp3) is 0.450. The van der Waals surface area contributed by atoms with Crippen molar-refractivity contribution in [3.8, 4) is 0 Å². The lowest BCUT2D eigenvalue weighted by molar-refractivity contribution is -0.137. The summed E-state index contributed by atoms with van der Waals surface area (Å²) in [7, 11) is 0. The van der Waals surface area contributed by atoms with Crippen molar-refractivity contribution in [2.75, 3.05) is 25.0 Å². The zero-order valence-electron chi connectivity index (χ0n) is 16.0. The summed E-state index contributed by atoms with van der Waals surface area (Å²) >= 11 is 0. The quantitative estimate of drug-likeness (QED) is 0.451. The van der Waals surface area contributed by atoms with Crippen molar-refractivity contribution in [1.82, 2.24) is 10.2 Å². The van der Waals surface area contributed by atoms with Crippen LogP contribution in [-0.2, 0) is 19.1 Å². The Bertz CT molecular complexity index is 698. The minimum atomic E-state index is -0.687. The second-order valence-corrected chi connectivity index (χ2v) is 6.71. The summed E-state index contributed by atoms with van der Waals surface area (Å²) in [6.45, 7) is 7.98. The molecule has 7 nitrogen and oxygen atoms in total. The number of carbonyl (C=O) groups is 3. The van der Waals surface area contributed by atoms with Gasteiger partial charge < -0.3 is 15.4 Å². The third kappa shape index (κ3) is 6.53. The van der Waals surface area contributed by atoms with Gasteiger partial charge in [0.2, 0.25) is 0 Å². The van der Waals surface area contributed by atoms with E-state index in [0.29, 0.717) is 18.3 Å². The third-order valence-corrected chi connectivity index (χ3v) is 4.36. The van der Waals surface area contributed by atoms with Gasteiger partial charge in [0.05, 0.1) is 6.61 Å². The number of ether oxygens (including phenoxy) is 1. The van der Waals surface area contributed by atoms with Gasteiger partial charge in [-0.1, -0.05) is 12.1 Å². The summed E-state index contributed by atoms with van der Waals surface area (Å²) in [5, 5.41) is 5.37. The normalized spacial score (nSPS) is 17.3. The molecule has 1 aliphatic rings. The predicted octanol–water partition coefficient (Wildman–Crippen LogP) is 1.80. The van der Waals surface area contributed by atoms with Crippen LogP contribution in [0.2, 0.25) is 0 Å². The van der Waals surface area contributed by atoms with Crippen LogP contribution in [0.15, 0.2) is 30.3 Å². The largest absolute Gasteiger partial charge is 0.463 e. The predicted molar refractivity (Wildman–Crippen MR) is 104 cm³/mol. The molecule has 1 aromatic carbocycles. The smallest absolute Gasteiger partial charge is 0.330 e. The van der Waals surface area contributed by atoms with E-state index in [0.717, 1.165) is 25.1 Å². The van der Waals surface area contributed by atoms with Gasteiger partial charge in [-0.25, -0.2) is 4.79 Å². The molecule has 0 bridgehead atoms. The summed E-state index contributed by atoms with van der Waals surface area (Å²) in [4.78, 5) is 37.7. The number of nitrogens with zero attached hydrogens (tertiary/aromatic N) is 1. The summed E-state index contributed by atoms with van der Waals surface area (Å²) in [5.41, 5.74) is 1.30. The highest BCUT2D eigenvalue weighted by Crippen LogP contribution is 2.13. The van der Waals surface area contributed by atoms with E-state index in [9.17, 15) is 14.4 Å². The molecule has 1 heterocycles. The van der Waals surface area contributed by atoms with E-state index < -0.39 is 17.8 Å². The van der Waals surface area contributed by atoms with Crippen LogP contribution in [0.1, 0.15) is 32.8 Å². The van der Waals surface area contributed by atoms with Crippen LogP contribution in [0.4, 0.5) is 5.69 Å². The second kappa shape index (κ2) is 9.87. The van der Waals surface area contributed by atoms with Crippen molar-refractivity contribution in [2.24, 2.45) is 0 Å². The highest BCUT2D eigenvalue weighted by atomic mass is 16.5. The van der Waals surface area contributed by atoms with Crippen LogP contribution in [-0.4, -0.2) is 54.5 Å². The first-order chi connectivity index (χ1) is 12.9. The molecule has 0 aromatic heterocycles. The average molecular weight is 373 g/mol. The Kier molecular flexibility index (Phi) is 7.55. The molecule has 2 N–H and O–H groups in total. The van der Waals surface area contributed by atoms with Crippen molar-refractivity contribution in [3.63, 3.8) is 0 Å². The van der Waals surface area contributed by atoms with Gasteiger partial charge >= 0.3 is 17.8 Å². The molecule has 27 heavy (non-hydrogen) atoms. The van der Waals surface area contributed by atoms with Crippen LogP contribution in [0.3, 0.4) is 0 Å². The summed E-state index contributed by atoms with van der Waals surface area (Å²) in [5.74, 6) is -1.72. The maximum Gasteiger partial charge on any atom is 0.330 e. The van der Waals surface area contributed by atoms with Gasteiger partial charge in [-0.15, -0.1) is 0 Å². The lowest BCUT2D eigenvalue weighted by Crippen LogP contribution is -2.43. The topological polar surface area (TPSA) is 87.7 Å². The molecular weight excluding hydrogens is 346 g/mol. The van der Waals surface area contributed by atoms with Crippen molar-refractivity contribution < 1.29 is 19.1 Å². The number of amides is 2. The molecule has 0 spiro atoms. The number of anilines is 1. The van der Waals surface area contributed by atoms with Gasteiger partial charge in [0, 0.05) is 36.9 Å². The number of hydrogen-bond donors (Lipinski definition) is 2. The highest BCUT2D eigenvalue weighted by Gasteiger charge is 2.27. The first-order valence-corrected chi connectivity index (χ1v) is 9.19. The zero-order chi connectivity index (χ0) is 19.8. The van der Waals surface area contributed by atoms with Crippen molar-refractivity contribution in [3.05, 3.63) is 35.9 Å². The highest BCUT2D eigenvalue weighted by molar-refractivity contribution is 6.39. The molecular formula is C20H27N3O4. The van der Waals surface area contributed by atoms with Gasteiger partial charge in [-0.05, 0) is 51.0 Å². The van der Waals surface area contributed by atoms with Crippen LogP contribution >= 0.6 is 0 Å². The Labute approximate surface area is 159 Å².